The van der Waals surface area contributed by atoms with E-state index in [-0.39, 0.29) is 10.8 Å². The summed E-state index contributed by atoms with van der Waals surface area (Å²) in [5.41, 5.74) is 0.902. The molecule has 0 aliphatic rings. The summed E-state index contributed by atoms with van der Waals surface area (Å²) in [5.74, 6) is 0.429. The van der Waals surface area contributed by atoms with Crippen LogP contribution in [0.4, 0.5) is 0 Å². The Morgan fingerprint density at radius 3 is 2.33 bits per heavy atom. The third kappa shape index (κ3) is 5.36. The molecular formula is C17H20N2O4S. The third-order valence-electron chi connectivity index (χ3n) is 3.39. The van der Waals surface area contributed by atoms with E-state index in [1.165, 1.54) is 12.1 Å². The van der Waals surface area contributed by atoms with E-state index in [4.69, 9.17) is 9.88 Å². The smallest absolute Gasteiger partial charge is 0.260 e. The number of hydrogen-bond donors (Lipinski definition) is 2. The zero-order chi connectivity index (χ0) is 17.6. The molecular weight excluding hydrogens is 328 g/mol. The van der Waals surface area contributed by atoms with Gasteiger partial charge in [0.2, 0.25) is 10.0 Å². The van der Waals surface area contributed by atoms with Crippen molar-refractivity contribution >= 4 is 15.9 Å². The van der Waals surface area contributed by atoms with E-state index in [9.17, 15) is 13.2 Å². The maximum atomic E-state index is 12.0. The minimum absolute atomic E-state index is 0.0696. The van der Waals surface area contributed by atoms with Gasteiger partial charge in [-0.05, 0) is 43.2 Å². The van der Waals surface area contributed by atoms with Gasteiger partial charge >= 0.3 is 0 Å². The Kier molecular flexibility index (Phi) is 5.94. The monoisotopic (exact) mass is 348 g/mol. The van der Waals surface area contributed by atoms with Gasteiger partial charge in [-0.25, -0.2) is 13.6 Å². The molecule has 2 rings (SSSR count). The number of nitrogens with two attached hydrogens (primary N) is 1. The molecule has 0 aromatic heterocycles. The first kappa shape index (κ1) is 18.0. The molecule has 0 fully saturated rings. The first-order valence-corrected chi connectivity index (χ1v) is 9.02. The van der Waals surface area contributed by atoms with Gasteiger partial charge in [0, 0.05) is 6.54 Å². The molecule has 2 aromatic rings. The van der Waals surface area contributed by atoms with Crippen molar-refractivity contribution in [3.63, 3.8) is 0 Å². The van der Waals surface area contributed by atoms with Crippen molar-refractivity contribution in [1.29, 1.82) is 0 Å². The highest BCUT2D eigenvalue weighted by Gasteiger charge is 2.14. The summed E-state index contributed by atoms with van der Waals surface area (Å²) in [6.07, 6.45) is -0.0218. The van der Waals surface area contributed by atoms with E-state index < -0.39 is 16.1 Å². The number of primary sulfonamides is 1. The number of benzene rings is 2. The van der Waals surface area contributed by atoms with Gasteiger partial charge in [0.1, 0.15) is 5.75 Å². The Morgan fingerprint density at radius 2 is 1.75 bits per heavy atom. The molecule has 0 spiro atoms. The molecule has 0 saturated carbocycles. The van der Waals surface area contributed by atoms with Gasteiger partial charge in [-0.3, -0.25) is 4.79 Å². The van der Waals surface area contributed by atoms with Gasteiger partial charge in [-0.15, -0.1) is 0 Å². The largest absolute Gasteiger partial charge is 0.481 e. The third-order valence-corrected chi connectivity index (χ3v) is 4.32. The lowest BCUT2D eigenvalue weighted by molar-refractivity contribution is -0.127. The van der Waals surface area contributed by atoms with Crippen LogP contribution in [0.25, 0.3) is 0 Å². The summed E-state index contributed by atoms with van der Waals surface area (Å²) < 4.78 is 27.9. The fourth-order valence-electron chi connectivity index (χ4n) is 2.08. The quantitative estimate of drug-likeness (QED) is 0.791. The van der Waals surface area contributed by atoms with Crippen molar-refractivity contribution in [1.82, 2.24) is 5.32 Å². The summed E-state index contributed by atoms with van der Waals surface area (Å²) in [7, 11) is -3.68. The molecule has 2 aromatic carbocycles. The fraction of sp³-hybridized carbons (Fsp3) is 0.235. The number of nitrogens with one attached hydrogen (secondary N) is 1. The molecule has 0 radical (unpaired) electrons. The van der Waals surface area contributed by atoms with Crippen molar-refractivity contribution in [3.05, 3.63) is 60.2 Å². The number of para-hydroxylation sites is 1. The summed E-state index contributed by atoms with van der Waals surface area (Å²) in [4.78, 5) is 12.1. The Hall–Kier alpha value is -2.38. The summed E-state index contributed by atoms with van der Waals surface area (Å²) >= 11 is 0. The number of hydrogen-bond acceptors (Lipinski definition) is 4. The van der Waals surface area contributed by atoms with E-state index in [1.54, 1.807) is 31.2 Å². The lowest BCUT2D eigenvalue weighted by Crippen LogP contribution is -2.37. The average molecular weight is 348 g/mol. The van der Waals surface area contributed by atoms with E-state index in [0.29, 0.717) is 18.7 Å². The Balaban J connectivity index is 1.80. The number of ether oxygens (including phenoxy) is 1. The van der Waals surface area contributed by atoms with Gasteiger partial charge in [0.05, 0.1) is 4.90 Å². The Labute approximate surface area is 141 Å². The van der Waals surface area contributed by atoms with Crippen molar-refractivity contribution < 1.29 is 17.9 Å². The summed E-state index contributed by atoms with van der Waals surface area (Å²) in [6, 6.07) is 15.4. The molecule has 128 valence electrons. The molecule has 0 saturated heterocycles. The molecule has 1 atom stereocenters. The zero-order valence-corrected chi connectivity index (χ0v) is 14.1. The summed E-state index contributed by atoms with van der Waals surface area (Å²) in [5, 5.41) is 7.83. The van der Waals surface area contributed by atoms with Gasteiger partial charge in [-0.1, -0.05) is 30.3 Å². The molecule has 0 heterocycles. The molecule has 1 unspecified atom stereocenters. The van der Waals surface area contributed by atoms with Crippen LogP contribution in [-0.2, 0) is 21.2 Å². The second-order valence-corrected chi connectivity index (χ2v) is 6.86. The molecule has 0 aliphatic heterocycles. The van der Waals surface area contributed by atoms with E-state index >= 15 is 0 Å². The predicted molar refractivity (Wildman–Crippen MR) is 91.1 cm³/mol. The SMILES string of the molecule is CC(Oc1ccccc1)C(=O)NCCc1ccc(S(N)(=O)=O)cc1. The van der Waals surface area contributed by atoms with Gasteiger partial charge < -0.3 is 10.1 Å². The highest BCUT2D eigenvalue weighted by Crippen LogP contribution is 2.11. The fourth-order valence-corrected chi connectivity index (χ4v) is 2.59. The van der Waals surface area contributed by atoms with Crippen molar-refractivity contribution in [3.8, 4) is 5.75 Å². The van der Waals surface area contributed by atoms with Crippen LogP contribution < -0.4 is 15.2 Å². The van der Waals surface area contributed by atoms with Crippen LogP contribution in [-0.4, -0.2) is 27.0 Å². The predicted octanol–water partition coefficient (Wildman–Crippen LogP) is 1.46. The number of amides is 1. The topological polar surface area (TPSA) is 98.5 Å². The molecule has 7 heteroatoms. The standard InChI is InChI=1S/C17H20N2O4S/c1-13(23-15-5-3-2-4-6-15)17(20)19-12-11-14-7-9-16(10-8-14)24(18,21)22/h2-10,13H,11-12H2,1H3,(H,19,20)(H2,18,21,22). The molecule has 24 heavy (non-hydrogen) atoms. The number of carbonyl (C=O) groups is 1. The molecule has 0 aliphatic carbocycles. The lowest BCUT2D eigenvalue weighted by atomic mass is 10.1. The number of sulfonamides is 1. The second-order valence-electron chi connectivity index (χ2n) is 5.30. The number of carbonyl (C=O) groups excluding carboxylic acids is 1. The molecule has 0 bridgehead atoms. The molecule has 6 nitrogen and oxygen atoms in total. The van der Waals surface area contributed by atoms with Crippen LogP contribution in [0.1, 0.15) is 12.5 Å². The van der Waals surface area contributed by atoms with Crippen LogP contribution in [0.2, 0.25) is 0 Å². The lowest BCUT2D eigenvalue weighted by Gasteiger charge is -2.14. The van der Waals surface area contributed by atoms with E-state index in [1.807, 2.05) is 18.2 Å². The van der Waals surface area contributed by atoms with Gasteiger partial charge in [-0.2, -0.15) is 0 Å². The minimum Gasteiger partial charge on any atom is -0.481 e. The summed E-state index contributed by atoms with van der Waals surface area (Å²) in [6.45, 7) is 2.11. The van der Waals surface area contributed by atoms with Gasteiger partial charge in [0.25, 0.3) is 5.91 Å². The maximum Gasteiger partial charge on any atom is 0.260 e. The van der Waals surface area contributed by atoms with Crippen molar-refractivity contribution in [2.45, 2.75) is 24.3 Å². The first-order valence-electron chi connectivity index (χ1n) is 7.47. The molecule has 3 N–H and O–H groups in total. The van der Waals surface area contributed by atoms with Crippen LogP contribution >= 0.6 is 0 Å². The Bertz CT molecular complexity index is 774. The molecule has 1 amide bonds. The second kappa shape index (κ2) is 7.94. The van der Waals surface area contributed by atoms with Crippen molar-refractivity contribution in [2.75, 3.05) is 6.54 Å². The highest BCUT2D eigenvalue weighted by atomic mass is 32.2. The van der Waals surface area contributed by atoms with Crippen LogP contribution in [0.5, 0.6) is 5.75 Å². The number of rotatable bonds is 7. The highest BCUT2D eigenvalue weighted by molar-refractivity contribution is 7.89. The first-order chi connectivity index (χ1) is 11.4. The normalized spacial score (nSPS) is 12.4. The average Bonchev–Trinajstić information content (AvgIpc) is 2.55. The zero-order valence-electron chi connectivity index (χ0n) is 13.3. The van der Waals surface area contributed by atoms with E-state index in [2.05, 4.69) is 5.32 Å². The van der Waals surface area contributed by atoms with Crippen LogP contribution in [0.3, 0.4) is 0 Å². The maximum absolute atomic E-state index is 12.0. The Morgan fingerprint density at radius 1 is 1.12 bits per heavy atom. The van der Waals surface area contributed by atoms with Gasteiger partial charge in [0.15, 0.2) is 6.10 Å². The van der Waals surface area contributed by atoms with E-state index in [0.717, 1.165) is 5.56 Å². The minimum atomic E-state index is -3.68. The van der Waals surface area contributed by atoms with Crippen LogP contribution in [0.15, 0.2) is 59.5 Å². The van der Waals surface area contributed by atoms with Crippen molar-refractivity contribution in [2.24, 2.45) is 5.14 Å². The van der Waals surface area contributed by atoms with Crippen LogP contribution in [0, 0.1) is 0 Å².